The van der Waals surface area contributed by atoms with Gasteiger partial charge in [-0.25, -0.2) is 4.98 Å². The molecule has 1 N–H and O–H groups in total. The van der Waals surface area contributed by atoms with Crippen LogP contribution in [0.15, 0.2) is 60.1 Å². The summed E-state index contributed by atoms with van der Waals surface area (Å²) < 4.78 is 0. The normalized spacial score (nSPS) is 16.9. The molecule has 1 unspecified atom stereocenters. The lowest BCUT2D eigenvalue weighted by Gasteiger charge is -2.22. The van der Waals surface area contributed by atoms with Gasteiger partial charge in [-0.15, -0.1) is 11.3 Å². The Hall–Kier alpha value is -2.99. The molecular formula is C21H19N3O2S. The average Bonchev–Trinajstić information content (AvgIpc) is 3.38. The molecule has 2 amide bonds. The summed E-state index contributed by atoms with van der Waals surface area (Å²) in [4.78, 5) is 30.9. The summed E-state index contributed by atoms with van der Waals surface area (Å²) in [5.41, 5.74) is 0.990. The Labute approximate surface area is 161 Å². The minimum absolute atomic E-state index is 0.139. The van der Waals surface area contributed by atoms with Gasteiger partial charge in [0.1, 0.15) is 6.04 Å². The molecule has 0 spiro atoms. The van der Waals surface area contributed by atoms with Crippen molar-refractivity contribution < 1.29 is 9.59 Å². The van der Waals surface area contributed by atoms with Crippen molar-refractivity contribution >= 4 is 45.1 Å². The van der Waals surface area contributed by atoms with Crippen LogP contribution >= 0.6 is 11.3 Å². The molecule has 1 fully saturated rings. The lowest BCUT2D eigenvalue weighted by molar-refractivity contribution is -0.132. The van der Waals surface area contributed by atoms with E-state index in [2.05, 4.69) is 10.3 Å². The molecular weight excluding hydrogens is 358 g/mol. The number of rotatable bonds is 4. The molecule has 1 atom stereocenters. The van der Waals surface area contributed by atoms with Crippen LogP contribution in [0.3, 0.4) is 0 Å². The Bertz CT molecular complexity index is 992. The minimum atomic E-state index is -0.446. The number of carbonyl (C=O) groups is 2. The van der Waals surface area contributed by atoms with Gasteiger partial charge in [-0.2, -0.15) is 0 Å². The molecule has 0 bridgehead atoms. The minimum Gasteiger partial charge on any atom is -0.327 e. The first-order valence-corrected chi connectivity index (χ1v) is 9.77. The summed E-state index contributed by atoms with van der Waals surface area (Å²) in [7, 11) is 0. The molecule has 2 heterocycles. The number of carbonyl (C=O) groups excluding carboxylic acids is 2. The van der Waals surface area contributed by atoms with Gasteiger partial charge in [0.2, 0.25) is 11.8 Å². The smallest absolute Gasteiger partial charge is 0.248 e. The third-order valence-electron chi connectivity index (χ3n) is 4.73. The van der Waals surface area contributed by atoms with Crippen molar-refractivity contribution in [3.63, 3.8) is 0 Å². The molecule has 27 heavy (non-hydrogen) atoms. The Balaban J connectivity index is 1.49. The lowest BCUT2D eigenvalue weighted by atomic mass is 10.0. The lowest BCUT2D eigenvalue weighted by Crippen LogP contribution is -2.42. The van der Waals surface area contributed by atoms with Gasteiger partial charge in [-0.05, 0) is 35.3 Å². The summed E-state index contributed by atoms with van der Waals surface area (Å²) >= 11 is 1.37. The summed E-state index contributed by atoms with van der Waals surface area (Å²) in [6.07, 6.45) is 6.54. The third-order valence-corrected chi connectivity index (χ3v) is 5.42. The molecule has 1 aromatic heterocycles. The van der Waals surface area contributed by atoms with Crippen LogP contribution < -0.4 is 5.32 Å². The van der Waals surface area contributed by atoms with E-state index in [0.717, 1.165) is 22.8 Å². The van der Waals surface area contributed by atoms with Gasteiger partial charge in [-0.3, -0.25) is 9.59 Å². The topological polar surface area (TPSA) is 62.3 Å². The second-order valence-electron chi connectivity index (χ2n) is 6.42. The Kier molecular flexibility index (Phi) is 4.98. The van der Waals surface area contributed by atoms with E-state index in [1.165, 1.54) is 11.3 Å². The van der Waals surface area contributed by atoms with Crippen molar-refractivity contribution in [3.05, 3.63) is 65.7 Å². The maximum atomic E-state index is 12.7. The van der Waals surface area contributed by atoms with Crippen LogP contribution in [0.5, 0.6) is 0 Å². The molecule has 0 radical (unpaired) electrons. The fraction of sp³-hybridized carbons (Fsp3) is 0.190. The van der Waals surface area contributed by atoms with Gasteiger partial charge >= 0.3 is 0 Å². The fourth-order valence-corrected chi connectivity index (χ4v) is 3.96. The predicted molar refractivity (Wildman–Crippen MR) is 108 cm³/mol. The molecule has 4 rings (SSSR count). The molecule has 1 aliphatic rings. The van der Waals surface area contributed by atoms with Crippen LogP contribution in [-0.2, 0) is 9.59 Å². The number of hydrogen-bond acceptors (Lipinski definition) is 4. The van der Waals surface area contributed by atoms with Gasteiger partial charge < -0.3 is 10.2 Å². The number of aromatic nitrogens is 1. The van der Waals surface area contributed by atoms with Crippen molar-refractivity contribution in [1.29, 1.82) is 0 Å². The van der Waals surface area contributed by atoms with Crippen LogP contribution in [-0.4, -0.2) is 34.3 Å². The molecule has 0 aliphatic carbocycles. The SMILES string of the molecule is O=C(Nc1nccs1)C1CCCN1C(=O)C=Cc1cccc2ccccc12. The molecule has 1 aliphatic heterocycles. The number of amides is 2. The van der Waals surface area contributed by atoms with E-state index < -0.39 is 6.04 Å². The zero-order valence-electron chi connectivity index (χ0n) is 14.7. The first-order valence-electron chi connectivity index (χ1n) is 8.89. The quantitative estimate of drug-likeness (QED) is 0.701. The number of anilines is 1. The standard InChI is InChI=1S/C21H19N3O2S/c25-19(11-10-16-7-3-6-15-5-1-2-8-17(15)16)24-13-4-9-18(24)20(26)23-21-22-12-14-27-21/h1-3,5-8,10-12,14,18H,4,9,13H2,(H,22,23,26). The molecule has 2 aromatic carbocycles. The van der Waals surface area contributed by atoms with Crippen LogP contribution in [0.25, 0.3) is 16.8 Å². The first kappa shape index (κ1) is 17.4. The van der Waals surface area contributed by atoms with Crippen LogP contribution in [0.1, 0.15) is 18.4 Å². The van der Waals surface area contributed by atoms with E-state index >= 15 is 0 Å². The highest BCUT2D eigenvalue weighted by atomic mass is 32.1. The van der Waals surface area contributed by atoms with E-state index in [1.54, 1.807) is 22.6 Å². The van der Waals surface area contributed by atoms with Gasteiger partial charge in [0.25, 0.3) is 0 Å². The summed E-state index contributed by atoms with van der Waals surface area (Å²) in [5.74, 6) is -0.311. The molecule has 3 aromatic rings. The Morgan fingerprint density at radius 1 is 1.19 bits per heavy atom. The van der Waals surface area contributed by atoms with Gasteiger partial charge in [0.05, 0.1) is 0 Å². The number of thiazole rings is 1. The van der Waals surface area contributed by atoms with E-state index in [0.29, 0.717) is 18.1 Å². The highest BCUT2D eigenvalue weighted by Gasteiger charge is 2.33. The number of nitrogens with one attached hydrogen (secondary N) is 1. The zero-order valence-corrected chi connectivity index (χ0v) is 15.5. The monoisotopic (exact) mass is 377 g/mol. The van der Waals surface area contributed by atoms with E-state index in [9.17, 15) is 9.59 Å². The van der Waals surface area contributed by atoms with Gasteiger partial charge in [-0.1, -0.05) is 42.5 Å². The maximum Gasteiger partial charge on any atom is 0.248 e. The van der Waals surface area contributed by atoms with Crippen molar-refractivity contribution in [1.82, 2.24) is 9.88 Å². The largest absolute Gasteiger partial charge is 0.327 e. The molecule has 6 heteroatoms. The van der Waals surface area contributed by atoms with Crippen molar-refractivity contribution in [2.75, 3.05) is 11.9 Å². The molecule has 0 saturated carbocycles. The van der Waals surface area contributed by atoms with Crippen LogP contribution in [0.4, 0.5) is 5.13 Å². The van der Waals surface area contributed by atoms with Crippen LogP contribution in [0.2, 0.25) is 0 Å². The van der Waals surface area contributed by atoms with Crippen LogP contribution in [0, 0.1) is 0 Å². The maximum absolute atomic E-state index is 12.7. The molecule has 5 nitrogen and oxygen atoms in total. The number of nitrogens with zero attached hydrogens (tertiary/aromatic N) is 2. The predicted octanol–water partition coefficient (Wildman–Crippen LogP) is 3.94. The summed E-state index contributed by atoms with van der Waals surface area (Å²) in [6, 6.07) is 13.6. The first-order chi connectivity index (χ1) is 13.2. The van der Waals surface area contributed by atoms with E-state index in [1.807, 2.05) is 48.5 Å². The zero-order chi connectivity index (χ0) is 18.6. The van der Waals surface area contributed by atoms with Crippen molar-refractivity contribution in [2.24, 2.45) is 0 Å². The van der Waals surface area contributed by atoms with Gasteiger partial charge in [0, 0.05) is 24.2 Å². The number of likely N-dealkylation sites (tertiary alicyclic amines) is 1. The van der Waals surface area contributed by atoms with Crippen molar-refractivity contribution in [2.45, 2.75) is 18.9 Å². The number of benzene rings is 2. The number of hydrogen-bond donors (Lipinski definition) is 1. The highest BCUT2D eigenvalue weighted by molar-refractivity contribution is 7.13. The summed E-state index contributed by atoms with van der Waals surface area (Å²) in [6.45, 7) is 0.592. The summed E-state index contributed by atoms with van der Waals surface area (Å²) in [5, 5.41) is 7.40. The highest BCUT2D eigenvalue weighted by Crippen LogP contribution is 2.22. The van der Waals surface area contributed by atoms with E-state index in [4.69, 9.17) is 0 Å². The Morgan fingerprint density at radius 2 is 2.04 bits per heavy atom. The van der Waals surface area contributed by atoms with Gasteiger partial charge in [0.15, 0.2) is 5.13 Å². The second-order valence-corrected chi connectivity index (χ2v) is 7.31. The third kappa shape index (κ3) is 3.75. The molecule has 136 valence electrons. The fourth-order valence-electron chi connectivity index (χ4n) is 3.43. The number of fused-ring (bicyclic) bond motifs is 1. The second kappa shape index (κ2) is 7.72. The Morgan fingerprint density at radius 3 is 2.89 bits per heavy atom. The van der Waals surface area contributed by atoms with Crippen molar-refractivity contribution in [3.8, 4) is 0 Å². The molecule has 1 saturated heterocycles. The van der Waals surface area contributed by atoms with E-state index in [-0.39, 0.29) is 11.8 Å². The average molecular weight is 377 g/mol.